The molecule has 4 rings (SSSR count). The fraction of sp³-hybridized carbons (Fsp3) is 0.357. The fourth-order valence-corrected chi connectivity index (χ4v) is 4.30. The van der Waals surface area contributed by atoms with Crippen molar-refractivity contribution in [1.82, 2.24) is 24.1 Å². The third-order valence-corrected chi connectivity index (χ3v) is 5.90. The maximum Gasteiger partial charge on any atom is 0.220 e. The second-order valence-corrected chi connectivity index (χ2v) is 7.55. The first kappa shape index (κ1) is 15.1. The SMILES string of the molecule is O=S(=O)(Cc1ccon1)N1CCN(c2cccc3nncn23)CC1. The highest BCUT2D eigenvalue weighted by molar-refractivity contribution is 7.88. The lowest BCUT2D eigenvalue weighted by Crippen LogP contribution is -2.49. The van der Waals surface area contributed by atoms with E-state index in [1.165, 1.54) is 10.6 Å². The summed E-state index contributed by atoms with van der Waals surface area (Å²) in [5, 5.41) is 11.6. The van der Waals surface area contributed by atoms with Crippen molar-refractivity contribution < 1.29 is 12.9 Å². The number of sulfonamides is 1. The second-order valence-electron chi connectivity index (χ2n) is 5.58. The molecule has 0 aliphatic carbocycles. The summed E-state index contributed by atoms with van der Waals surface area (Å²) >= 11 is 0. The van der Waals surface area contributed by atoms with Crippen LogP contribution in [0.5, 0.6) is 0 Å². The number of aromatic nitrogens is 4. The van der Waals surface area contributed by atoms with Crippen molar-refractivity contribution in [1.29, 1.82) is 0 Å². The Hall–Kier alpha value is -2.46. The van der Waals surface area contributed by atoms with Gasteiger partial charge < -0.3 is 9.42 Å². The lowest BCUT2D eigenvalue weighted by Gasteiger charge is -2.35. The van der Waals surface area contributed by atoms with Crippen LogP contribution in [0.4, 0.5) is 5.82 Å². The van der Waals surface area contributed by atoms with Crippen molar-refractivity contribution in [2.24, 2.45) is 0 Å². The Bertz CT molecular complexity index is 928. The average Bonchev–Trinajstić information content (AvgIpc) is 3.25. The van der Waals surface area contributed by atoms with E-state index in [0.717, 1.165) is 11.5 Å². The predicted molar refractivity (Wildman–Crippen MR) is 85.9 cm³/mol. The van der Waals surface area contributed by atoms with Crippen LogP contribution < -0.4 is 4.90 Å². The first-order valence-electron chi connectivity index (χ1n) is 7.54. The van der Waals surface area contributed by atoms with Gasteiger partial charge in [0.2, 0.25) is 10.0 Å². The minimum Gasteiger partial charge on any atom is -0.364 e. The highest BCUT2D eigenvalue weighted by atomic mass is 32.2. The van der Waals surface area contributed by atoms with Gasteiger partial charge in [-0.15, -0.1) is 10.2 Å². The maximum atomic E-state index is 12.5. The second kappa shape index (κ2) is 5.87. The van der Waals surface area contributed by atoms with E-state index in [9.17, 15) is 8.42 Å². The van der Waals surface area contributed by atoms with Crippen LogP contribution in [0.2, 0.25) is 0 Å². The summed E-state index contributed by atoms with van der Waals surface area (Å²) in [6.45, 7) is 2.07. The van der Waals surface area contributed by atoms with Crippen LogP contribution in [0.25, 0.3) is 5.65 Å². The molecule has 1 aliphatic heterocycles. The van der Waals surface area contributed by atoms with Gasteiger partial charge in [0.25, 0.3) is 0 Å². The van der Waals surface area contributed by atoms with Crippen molar-refractivity contribution in [3.63, 3.8) is 0 Å². The molecule has 0 amide bonds. The van der Waals surface area contributed by atoms with Gasteiger partial charge in [-0.1, -0.05) is 11.2 Å². The minimum absolute atomic E-state index is 0.134. The molecule has 0 radical (unpaired) electrons. The lowest BCUT2D eigenvalue weighted by molar-refractivity contribution is 0.380. The van der Waals surface area contributed by atoms with Crippen LogP contribution in [-0.4, -0.2) is 58.7 Å². The number of anilines is 1. The summed E-state index contributed by atoms with van der Waals surface area (Å²) in [5.41, 5.74) is 1.19. The van der Waals surface area contributed by atoms with Gasteiger partial charge >= 0.3 is 0 Å². The van der Waals surface area contributed by atoms with Crippen molar-refractivity contribution >= 4 is 21.5 Å². The molecule has 1 fully saturated rings. The molecule has 0 bridgehead atoms. The molecule has 0 N–H and O–H groups in total. The fourth-order valence-electron chi connectivity index (χ4n) is 2.88. The summed E-state index contributed by atoms with van der Waals surface area (Å²) in [6.07, 6.45) is 3.04. The molecule has 3 aromatic rings. The van der Waals surface area contributed by atoms with E-state index in [4.69, 9.17) is 4.52 Å². The molecule has 0 aromatic carbocycles. The molecule has 0 saturated carbocycles. The Morgan fingerprint density at radius 2 is 1.96 bits per heavy atom. The predicted octanol–water partition coefficient (Wildman–Crippen LogP) is 0.369. The molecule has 1 aliphatic rings. The molecule has 0 spiro atoms. The number of rotatable bonds is 4. The summed E-state index contributed by atoms with van der Waals surface area (Å²) in [5.74, 6) is 0.830. The molecule has 24 heavy (non-hydrogen) atoms. The Labute approximate surface area is 138 Å². The zero-order chi connectivity index (χ0) is 16.6. The largest absolute Gasteiger partial charge is 0.364 e. The molecule has 10 heteroatoms. The van der Waals surface area contributed by atoms with Crippen LogP contribution in [-0.2, 0) is 15.8 Å². The van der Waals surface area contributed by atoms with Crippen molar-refractivity contribution in [2.75, 3.05) is 31.1 Å². The third kappa shape index (κ3) is 2.74. The number of hydrogen-bond donors (Lipinski definition) is 0. The topological polar surface area (TPSA) is 96.8 Å². The first-order chi connectivity index (χ1) is 11.6. The summed E-state index contributed by atoms with van der Waals surface area (Å²) in [4.78, 5) is 2.14. The van der Waals surface area contributed by atoms with Crippen LogP contribution in [0, 0.1) is 0 Å². The third-order valence-electron chi connectivity index (χ3n) is 4.09. The van der Waals surface area contributed by atoms with Crippen LogP contribution in [0.15, 0.2) is 41.4 Å². The van der Waals surface area contributed by atoms with Gasteiger partial charge in [0.1, 0.15) is 24.2 Å². The number of hydrogen-bond acceptors (Lipinski definition) is 7. The van der Waals surface area contributed by atoms with Crippen LogP contribution in [0.1, 0.15) is 5.69 Å². The molecule has 1 saturated heterocycles. The van der Waals surface area contributed by atoms with Crippen molar-refractivity contribution in [3.8, 4) is 0 Å². The number of pyridine rings is 1. The zero-order valence-corrected chi connectivity index (χ0v) is 13.6. The average molecular weight is 348 g/mol. The van der Waals surface area contributed by atoms with Crippen LogP contribution in [0.3, 0.4) is 0 Å². The van der Waals surface area contributed by atoms with Gasteiger partial charge in [0, 0.05) is 32.2 Å². The number of fused-ring (bicyclic) bond motifs is 1. The maximum absolute atomic E-state index is 12.5. The molecule has 4 heterocycles. The highest BCUT2D eigenvalue weighted by Crippen LogP contribution is 2.19. The van der Waals surface area contributed by atoms with Crippen LogP contribution >= 0.6 is 0 Å². The highest BCUT2D eigenvalue weighted by Gasteiger charge is 2.28. The van der Waals surface area contributed by atoms with E-state index < -0.39 is 10.0 Å². The van der Waals surface area contributed by atoms with Gasteiger partial charge in [-0.25, -0.2) is 8.42 Å². The lowest BCUT2D eigenvalue weighted by atomic mass is 10.3. The van der Waals surface area contributed by atoms with Gasteiger partial charge in [-0.2, -0.15) is 4.31 Å². The molecule has 126 valence electrons. The smallest absolute Gasteiger partial charge is 0.220 e. The Kier molecular flexibility index (Phi) is 3.69. The summed E-state index contributed by atoms with van der Waals surface area (Å²) in [6, 6.07) is 7.36. The Morgan fingerprint density at radius 1 is 1.12 bits per heavy atom. The van der Waals surface area contributed by atoms with Crippen molar-refractivity contribution in [3.05, 3.63) is 42.5 Å². The Morgan fingerprint density at radius 3 is 2.71 bits per heavy atom. The first-order valence-corrected chi connectivity index (χ1v) is 9.15. The van der Waals surface area contributed by atoms with Gasteiger partial charge in [0.15, 0.2) is 5.65 Å². The van der Waals surface area contributed by atoms with E-state index in [2.05, 4.69) is 20.3 Å². The van der Waals surface area contributed by atoms with E-state index >= 15 is 0 Å². The van der Waals surface area contributed by atoms with E-state index in [1.54, 1.807) is 12.4 Å². The molecule has 0 unspecified atom stereocenters. The minimum atomic E-state index is -3.39. The van der Waals surface area contributed by atoms with Gasteiger partial charge in [-0.3, -0.25) is 4.40 Å². The summed E-state index contributed by atoms with van der Waals surface area (Å²) < 4.78 is 33.0. The summed E-state index contributed by atoms with van der Waals surface area (Å²) in [7, 11) is -3.39. The normalized spacial score (nSPS) is 16.8. The van der Waals surface area contributed by atoms with E-state index in [1.807, 2.05) is 22.6 Å². The van der Waals surface area contributed by atoms with Crippen molar-refractivity contribution in [2.45, 2.75) is 5.75 Å². The monoisotopic (exact) mass is 348 g/mol. The molecule has 0 atom stereocenters. The van der Waals surface area contributed by atoms with E-state index in [0.29, 0.717) is 31.9 Å². The molecular formula is C14H16N6O3S. The zero-order valence-electron chi connectivity index (χ0n) is 12.8. The van der Waals surface area contributed by atoms with E-state index in [-0.39, 0.29) is 5.75 Å². The van der Waals surface area contributed by atoms with Gasteiger partial charge in [-0.05, 0) is 12.1 Å². The number of nitrogens with zero attached hydrogens (tertiary/aromatic N) is 6. The Balaban J connectivity index is 1.48. The standard InChI is InChI=1S/C14H16N6O3S/c21-24(22,10-12-4-9-23-17-12)19-7-5-18(6-8-19)14-3-1-2-13-16-15-11-20(13)14/h1-4,9,11H,5-8,10H2. The molecule has 9 nitrogen and oxygen atoms in total. The molecule has 3 aromatic heterocycles. The number of piperazine rings is 1. The quantitative estimate of drug-likeness (QED) is 0.672. The van der Waals surface area contributed by atoms with Gasteiger partial charge in [0.05, 0.1) is 5.69 Å². The molecular weight excluding hydrogens is 332 g/mol.